The molecule has 0 unspecified atom stereocenters. The van der Waals surface area contributed by atoms with Gasteiger partial charge in [-0.1, -0.05) is 37.3 Å². The lowest BCUT2D eigenvalue weighted by molar-refractivity contribution is -0.133. The van der Waals surface area contributed by atoms with E-state index in [1.807, 2.05) is 6.07 Å². The van der Waals surface area contributed by atoms with Crippen molar-refractivity contribution in [3.63, 3.8) is 0 Å². The van der Waals surface area contributed by atoms with Gasteiger partial charge in [0.15, 0.2) is 0 Å². The van der Waals surface area contributed by atoms with E-state index in [2.05, 4.69) is 10.7 Å². The Kier molecular flexibility index (Phi) is 4.62. The Morgan fingerprint density at radius 3 is 2.35 bits per heavy atom. The summed E-state index contributed by atoms with van der Waals surface area (Å²) in [4.78, 5) is 37.7. The lowest BCUT2D eigenvalue weighted by Crippen LogP contribution is -2.48. The Balaban J connectivity index is 1.83. The third-order valence-corrected chi connectivity index (χ3v) is 4.45. The van der Waals surface area contributed by atoms with E-state index in [9.17, 15) is 14.4 Å². The number of hydrogen-bond acceptors (Lipinski definition) is 4. The molecule has 7 nitrogen and oxygen atoms in total. The lowest BCUT2D eigenvalue weighted by atomic mass is 9.87. The number of imide groups is 1. The molecule has 134 valence electrons. The van der Waals surface area contributed by atoms with Crippen LogP contribution in [0.2, 0.25) is 0 Å². The smallest absolute Gasteiger partial charge is 0.344 e. The number of hydrogen-bond donors (Lipinski definition) is 2. The van der Waals surface area contributed by atoms with E-state index in [1.54, 1.807) is 55.5 Å². The van der Waals surface area contributed by atoms with Crippen LogP contribution >= 0.6 is 0 Å². The van der Waals surface area contributed by atoms with E-state index < -0.39 is 23.4 Å². The Labute approximate surface area is 150 Å². The number of nitrogens with one attached hydrogen (secondary N) is 2. The molecule has 4 amide bonds. The molecule has 3 rings (SSSR count). The third-order valence-electron chi connectivity index (χ3n) is 4.45. The van der Waals surface area contributed by atoms with Crippen molar-refractivity contribution in [2.75, 3.05) is 7.11 Å². The van der Waals surface area contributed by atoms with Crippen molar-refractivity contribution in [1.82, 2.24) is 15.8 Å². The molecule has 1 fully saturated rings. The first-order valence-electron chi connectivity index (χ1n) is 8.19. The summed E-state index contributed by atoms with van der Waals surface area (Å²) in [5.74, 6) is -0.472. The van der Waals surface area contributed by atoms with Crippen molar-refractivity contribution in [3.05, 3.63) is 65.7 Å². The van der Waals surface area contributed by atoms with Crippen molar-refractivity contribution in [3.8, 4) is 5.75 Å². The highest BCUT2D eigenvalue weighted by molar-refractivity contribution is 6.09. The van der Waals surface area contributed by atoms with Crippen LogP contribution in [0.15, 0.2) is 54.6 Å². The fourth-order valence-corrected chi connectivity index (χ4v) is 2.95. The van der Waals surface area contributed by atoms with E-state index in [0.29, 0.717) is 23.3 Å². The monoisotopic (exact) mass is 353 g/mol. The summed E-state index contributed by atoms with van der Waals surface area (Å²) in [5, 5.41) is 3.45. The van der Waals surface area contributed by atoms with Crippen molar-refractivity contribution in [2.24, 2.45) is 0 Å². The second kappa shape index (κ2) is 6.87. The Bertz CT molecular complexity index is 836. The number of ether oxygens (including phenoxy) is 1. The minimum atomic E-state index is -1.19. The molecule has 2 N–H and O–H groups in total. The summed E-state index contributed by atoms with van der Waals surface area (Å²) in [6.07, 6.45) is 0.358. The van der Waals surface area contributed by atoms with Gasteiger partial charge in [0.1, 0.15) is 11.3 Å². The second-order valence-corrected chi connectivity index (χ2v) is 5.87. The van der Waals surface area contributed by atoms with Crippen LogP contribution < -0.4 is 15.5 Å². The number of urea groups is 1. The highest BCUT2D eigenvalue weighted by Crippen LogP contribution is 2.31. The van der Waals surface area contributed by atoms with Gasteiger partial charge in [-0.3, -0.25) is 15.0 Å². The van der Waals surface area contributed by atoms with E-state index in [0.717, 1.165) is 5.01 Å². The second-order valence-electron chi connectivity index (χ2n) is 5.87. The Morgan fingerprint density at radius 1 is 1.12 bits per heavy atom. The number of amides is 4. The number of carbonyl (C=O) groups is 3. The SMILES string of the molecule is CC[C@]1(c2ccccc2)NC(=O)N(NC(=O)c2ccc(OC)cc2)C1=O. The largest absolute Gasteiger partial charge is 0.497 e. The van der Waals surface area contributed by atoms with Gasteiger partial charge in [-0.15, -0.1) is 0 Å². The first-order valence-corrected chi connectivity index (χ1v) is 8.19. The lowest BCUT2D eigenvalue weighted by Gasteiger charge is -2.25. The predicted molar refractivity (Wildman–Crippen MR) is 94.2 cm³/mol. The standard InChI is InChI=1S/C19H19N3O4/c1-3-19(14-7-5-4-6-8-14)17(24)22(18(25)20-19)21-16(23)13-9-11-15(26-2)12-10-13/h4-12H,3H2,1-2H3,(H,20,25)(H,21,23)/t19-/m1/s1. The van der Waals surface area contributed by atoms with Gasteiger partial charge in [-0.2, -0.15) is 5.01 Å². The molecule has 1 saturated heterocycles. The molecule has 0 radical (unpaired) electrons. The van der Waals surface area contributed by atoms with Crippen molar-refractivity contribution < 1.29 is 19.1 Å². The van der Waals surface area contributed by atoms with Gasteiger partial charge in [0.05, 0.1) is 7.11 Å². The molecule has 2 aromatic rings. The predicted octanol–water partition coefficient (Wildman–Crippen LogP) is 2.20. The highest BCUT2D eigenvalue weighted by Gasteiger charge is 2.52. The molecule has 1 aliphatic heterocycles. The van der Waals surface area contributed by atoms with Crippen LogP contribution in [0.3, 0.4) is 0 Å². The molecule has 1 atom stereocenters. The van der Waals surface area contributed by atoms with E-state index >= 15 is 0 Å². The molecular weight excluding hydrogens is 334 g/mol. The zero-order valence-electron chi connectivity index (χ0n) is 14.5. The van der Waals surface area contributed by atoms with Crippen LogP contribution in [-0.2, 0) is 10.3 Å². The zero-order chi connectivity index (χ0) is 18.7. The van der Waals surface area contributed by atoms with Gasteiger partial charge in [-0.05, 0) is 36.2 Å². The summed E-state index contributed by atoms with van der Waals surface area (Å²) in [6.45, 7) is 1.81. The van der Waals surface area contributed by atoms with Crippen LogP contribution in [0.1, 0.15) is 29.3 Å². The first-order chi connectivity index (χ1) is 12.5. The van der Waals surface area contributed by atoms with Gasteiger partial charge in [0.25, 0.3) is 11.8 Å². The molecule has 0 bridgehead atoms. The molecular formula is C19H19N3O4. The van der Waals surface area contributed by atoms with Crippen LogP contribution in [0.4, 0.5) is 4.79 Å². The molecule has 0 aliphatic carbocycles. The van der Waals surface area contributed by atoms with Crippen molar-refractivity contribution >= 4 is 17.8 Å². The topological polar surface area (TPSA) is 87.7 Å². The maximum atomic E-state index is 12.9. The molecule has 0 aromatic heterocycles. The minimum absolute atomic E-state index is 0.306. The molecule has 7 heteroatoms. The maximum absolute atomic E-state index is 12.9. The fraction of sp³-hybridized carbons (Fsp3) is 0.211. The van der Waals surface area contributed by atoms with Gasteiger partial charge in [-0.25, -0.2) is 4.79 Å². The summed E-state index contributed by atoms with van der Waals surface area (Å²) in [7, 11) is 1.52. The van der Waals surface area contributed by atoms with Gasteiger partial charge in [0, 0.05) is 5.56 Å². The van der Waals surface area contributed by atoms with Gasteiger partial charge >= 0.3 is 6.03 Å². The minimum Gasteiger partial charge on any atom is -0.497 e. The first kappa shape index (κ1) is 17.5. The molecule has 1 heterocycles. The molecule has 26 heavy (non-hydrogen) atoms. The van der Waals surface area contributed by atoms with E-state index in [1.165, 1.54) is 7.11 Å². The van der Waals surface area contributed by atoms with Crippen LogP contribution in [-0.4, -0.2) is 30.0 Å². The summed E-state index contributed by atoms with van der Waals surface area (Å²) < 4.78 is 5.05. The highest BCUT2D eigenvalue weighted by atomic mass is 16.5. The fourth-order valence-electron chi connectivity index (χ4n) is 2.95. The number of hydrazine groups is 1. The van der Waals surface area contributed by atoms with E-state index in [-0.39, 0.29) is 0 Å². The van der Waals surface area contributed by atoms with Gasteiger partial charge in [0.2, 0.25) is 0 Å². The number of benzene rings is 2. The van der Waals surface area contributed by atoms with Crippen LogP contribution in [0.5, 0.6) is 5.75 Å². The molecule has 2 aromatic carbocycles. The van der Waals surface area contributed by atoms with Gasteiger partial charge < -0.3 is 10.1 Å². The Hall–Kier alpha value is -3.35. The Morgan fingerprint density at radius 2 is 1.77 bits per heavy atom. The number of carbonyl (C=O) groups excluding carboxylic acids is 3. The molecule has 0 spiro atoms. The quantitative estimate of drug-likeness (QED) is 0.807. The third kappa shape index (κ3) is 2.88. The van der Waals surface area contributed by atoms with Crippen LogP contribution in [0, 0.1) is 0 Å². The normalized spacial score (nSPS) is 19.2. The zero-order valence-corrected chi connectivity index (χ0v) is 14.5. The van der Waals surface area contributed by atoms with E-state index in [4.69, 9.17) is 4.74 Å². The number of rotatable bonds is 5. The van der Waals surface area contributed by atoms with Crippen molar-refractivity contribution in [2.45, 2.75) is 18.9 Å². The average molecular weight is 353 g/mol. The average Bonchev–Trinajstić information content (AvgIpc) is 2.93. The maximum Gasteiger partial charge on any atom is 0.344 e. The summed E-state index contributed by atoms with van der Waals surface area (Å²) in [5.41, 5.74) is 2.17. The number of nitrogens with zero attached hydrogens (tertiary/aromatic N) is 1. The summed E-state index contributed by atoms with van der Waals surface area (Å²) >= 11 is 0. The summed E-state index contributed by atoms with van der Waals surface area (Å²) in [6, 6.07) is 14.7. The van der Waals surface area contributed by atoms with Crippen molar-refractivity contribution in [1.29, 1.82) is 0 Å². The van der Waals surface area contributed by atoms with Crippen LogP contribution in [0.25, 0.3) is 0 Å². The molecule has 0 saturated carbocycles. The molecule has 1 aliphatic rings. The number of methoxy groups -OCH3 is 1.